The number of hydrogen-bond acceptors (Lipinski definition) is 3. The second kappa shape index (κ2) is 5.92. The summed E-state index contributed by atoms with van der Waals surface area (Å²) in [4.78, 5) is 14.6. The number of amides is 1. The van der Waals surface area contributed by atoms with E-state index in [2.05, 4.69) is 0 Å². The number of anilines is 1. The zero-order valence-electron chi connectivity index (χ0n) is 14.1. The van der Waals surface area contributed by atoms with Crippen LogP contribution in [0.2, 0.25) is 0 Å². The minimum Gasteiger partial charge on any atom is -0.497 e. The lowest BCUT2D eigenvalue weighted by molar-refractivity contribution is 0.0958. The van der Waals surface area contributed by atoms with E-state index in [-0.39, 0.29) is 17.5 Å². The molecule has 0 fully saturated rings. The van der Waals surface area contributed by atoms with Crippen molar-refractivity contribution in [3.8, 4) is 5.75 Å². The quantitative estimate of drug-likeness (QED) is 0.691. The number of fused-ring (bicyclic) bond motifs is 2. The number of methoxy groups -OCH3 is 1. The number of carbonyl (C=O) groups excluding carboxylic acids is 1. The van der Waals surface area contributed by atoms with Crippen molar-refractivity contribution in [3.05, 3.63) is 59.1 Å². The van der Waals surface area contributed by atoms with Crippen LogP contribution >= 0.6 is 0 Å². The van der Waals surface area contributed by atoms with Crippen LogP contribution in [0.4, 0.5) is 10.1 Å². The minimum atomic E-state index is -0.374. The Balaban J connectivity index is 1.80. The predicted octanol–water partition coefficient (Wildman–Crippen LogP) is 4.48. The number of halogens is 1. The molecule has 0 saturated heterocycles. The Kier molecular flexibility index (Phi) is 3.71. The Labute approximate surface area is 144 Å². The highest BCUT2D eigenvalue weighted by molar-refractivity contribution is 6.08. The molecule has 0 N–H and O–H groups in total. The number of carbonyl (C=O) groups is 1. The number of furan rings is 1. The maximum Gasteiger partial charge on any atom is 0.294 e. The largest absolute Gasteiger partial charge is 0.497 e. The molecule has 0 spiro atoms. The van der Waals surface area contributed by atoms with Gasteiger partial charge in [0.15, 0.2) is 5.76 Å². The highest BCUT2D eigenvalue weighted by atomic mass is 19.1. The van der Waals surface area contributed by atoms with Crippen LogP contribution in [0.5, 0.6) is 5.75 Å². The smallest absolute Gasteiger partial charge is 0.294 e. The van der Waals surface area contributed by atoms with E-state index < -0.39 is 0 Å². The van der Waals surface area contributed by atoms with Crippen LogP contribution in [0.3, 0.4) is 0 Å². The van der Waals surface area contributed by atoms with Crippen LogP contribution in [0, 0.1) is 12.7 Å². The number of ether oxygens (including phenoxy) is 1. The zero-order valence-corrected chi connectivity index (χ0v) is 14.1. The van der Waals surface area contributed by atoms with E-state index in [9.17, 15) is 9.18 Å². The molecule has 1 aliphatic rings. The Morgan fingerprint density at radius 3 is 2.92 bits per heavy atom. The van der Waals surface area contributed by atoms with Gasteiger partial charge in [-0.1, -0.05) is 12.1 Å². The lowest BCUT2D eigenvalue weighted by atomic mass is 10.0. The molecule has 4 nitrogen and oxygen atoms in total. The standard InChI is InChI=1S/C20H18FNO3/c1-12-15-11-14(24-2)8-9-17(15)25-19(12)20(23)22-10-4-6-13-5-3-7-16(21)18(13)22/h3,5,7-9,11H,4,6,10H2,1-2H3. The summed E-state index contributed by atoms with van der Waals surface area (Å²) in [5, 5.41) is 0.827. The molecule has 2 aromatic carbocycles. The van der Waals surface area contributed by atoms with E-state index in [1.165, 1.54) is 11.0 Å². The second-order valence-corrected chi connectivity index (χ2v) is 6.23. The Morgan fingerprint density at radius 1 is 1.28 bits per heavy atom. The first-order valence-corrected chi connectivity index (χ1v) is 8.26. The van der Waals surface area contributed by atoms with E-state index in [4.69, 9.17) is 9.15 Å². The number of benzene rings is 2. The third-order valence-electron chi connectivity index (χ3n) is 4.75. The molecule has 4 rings (SSSR count). The van der Waals surface area contributed by atoms with E-state index in [1.807, 2.05) is 19.1 Å². The molecule has 5 heteroatoms. The van der Waals surface area contributed by atoms with E-state index in [0.29, 0.717) is 23.6 Å². The van der Waals surface area contributed by atoms with Gasteiger partial charge in [-0.25, -0.2) is 4.39 Å². The molecule has 25 heavy (non-hydrogen) atoms. The minimum absolute atomic E-state index is 0.249. The van der Waals surface area contributed by atoms with Crippen LogP contribution < -0.4 is 9.64 Å². The lowest BCUT2D eigenvalue weighted by Crippen LogP contribution is -2.36. The maximum absolute atomic E-state index is 14.4. The van der Waals surface area contributed by atoms with Gasteiger partial charge in [0.05, 0.1) is 12.8 Å². The fraction of sp³-hybridized carbons (Fsp3) is 0.250. The number of hydrogen-bond donors (Lipinski definition) is 0. The number of rotatable bonds is 2. The van der Waals surface area contributed by atoms with Gasteiger partial charge >= 0.3 is 0 Å². The molecule has 2 heterocycles. The summed E-state index contributed by atoms with van der Waals surface area (Å²) in [5.74, 6) is 0.267. The third-order valence-corrected chi connectivity index (χ3v) is 4.75. The second-order valence-electron chi connectivity index (χ2n) is 6.23. The average molecular weight is 339 g/mol. The number of para-hydroxylation sites is 1. The highest BCUT2D eigenvalue weighted by Gasteiger charge is 2.30. The molecule has 0 radical (unpaired) electrons. The molecule has 0 saturated carbocycles. The molecular formula is C20H18FNO3. The molecule has 1 aromatic heterocycles. The first kappa shape index (κ1) is 15.7. The molecule has 1 amide bonds. The summed E-state index contributed by atoms with van der Waals surface area (Å²) >= 11 is 0. The molecule has 0 bridgehead atoms. The Hall–Kier alpha value is -2.82. The van der Waals surface area contributed by atoms with E-state index in [0.717, 1.165) is 29.4 Å². The van der Waals surface area contributed by atoms with Gasteiger partial charge in [0, 0.05) is 17.5 Å². The SMILES string of the molecule is COc1ccc2oc(C(=O)N3CCCc4cccc(F)c43)c(C)c2c1. The van der Waals surface area contributed by atoms with Gasteiger partial charge in [-0.05, 0) is 49.6 Å². The summed E-state index contributed by atoms with van der Waals surface area (Å²) in [7, 11) is 1.59. The molecular weight excluding hydrogens is 321 g/mol. The van der Waals surface area contributed by atoms with Crippen molar-refractivity contribution in [1.29, 1.82) is 0 Å². The van der Waals surface area contributed by atoms with E-state index in [1.54, 1.807) is 25.3 Å². The predicted molar refractivity (Wildman–Crippen MR) is 93.9 cm³/mol. The Morgan fingerprint density at radius 2 is 2.12 bits per heavy atom. The molecule has 1 aliphatic heterocycles. The van der Waals surface area contributed by atoms with E-state index >= 15 is 0 Å². The zero-order chi connectivity index (χ0) is 17.6. The van der Waals surface area contributed by atoms with Gasteiger partial charge in [-0.15, -0.1) is 0 Å². The topological polar surface area (TPSA) is 42.7 Å². The van der Waals surface area contributed by atoms with Crippen LogP contribution in [-0.2, 0) is 6.42 Å². The fourth-order valence-corrected chi connectivity index (χ4v) is 3.46. The average Bonchev–Trinajstić information content (AvgIpc) is 2.97. The highest BCUT2D eigenvalue weighted by Crippen LogP contribution is 2.34. The van der Waals surface area contributed by atoms with Gasteiger partial charge in [-0.3, -0.25) is 4.79 Å². The van der Waals surface area contributed by atoms with Crippen molar-refractivity contribution in [1.82, 2.24) is 0 Å². The first-order valence-electron chi connectivity index (χ1n) is 8.26. The lowest BCUT2D eigenvalue weighted by Gasteiger charge is -2.29. The fourth-order valence-electron chi connectivity index (χ4n) is 3.46. The summed E-state index contributed by atoms with van der Waals surface area (Å²) in [6.45, 7) is 2.32. The van der Waals surface area contributed by atoms with Gasteiger partial charge in [0.25, 0.3) is 5.91 Å². The van der Waals surface area contributed by atoms with Crippen LogP contribution in [0.15, 0.2) is 40.8 Å². The van der Waals surface area contributed by atoms with Gasteiger partial charge in [-0.2, -0.15) is 0 Å². The summed E-state index contributed by atoms with van der Waals surface area (Å²) in [6.07, 6.45) is 1.57. The van der Waals surface area contributed by atoms with Crippen LogP contribution in [0.25, 0.3) is 11.0 Å². The first-order chi connectivity index (χ1) is 12.1. The number of nitrogens with zero attached hydrogens (tertiary/aromatic N) is 1. The van der Waals surface area contributed by atoms with Gasteiger partial charge < -0.3 is 14.1 Å². The summed E-state index contributed by atoms with van der Waals surface area (Å²) in [5.41, 5.74) is 2.58. The summed E-state index contributed by atoms with van der Waals surface area (Å²) in [6, 6.07) is 10.4. The molecule has 0 unspecified atom stereocenters. The molecule has 3 aromatic rings. The van der Waals surface area contributed by atoms with Crippen LogP contribution in [0.1, 0.15) is 28.1 Å². The number of aryl methyl sites for hydroxylation is 2. The summed E-state index contributed by atoms with van der Waals surface area (Å²) < 4.78 is 25.4. The molecule has 128 valence electrons. The van der Waals surface area contributed by atoms with Crippen molar-refractivity contribution >= 4 is 22.6 Å². The molecule has 0 atom stereocenters. The Bertz CT molecular complexity index is 976. The molecule has 0 aliphatic carbocycles. The van der Waals surface area contributed by atoms with Crippen LogP contribution in [-0.4, -0.2) is 19.6 Å². The van der Waals surface area contributed by atoms with Crippen molar-refractivity contribution in [2.45, 2.75) is 19.8 Å². The van der Waals surface area contributed by atoms with Crippen molar-refractivity contribution in [3.63, 3.8) is 0 Å². The van der Waals surface area contributed by atoms with Gasteiger partial charge in [0.1, 0.15) is 17.1 Å². The maximum atomic E-state index is 14.4. The van der Waals surface area contributed by atoms with Crippen molar-refractivity contribution in [2.24, 2.45) is 0 Å². The third kappa shape index (κ3) is 2.47. The van der Waals surface area contributed by atoms with Crippen molar-refractivity contribution < 1.29 is 18.3 Å². The van der Waals surface area contributed by atoms with Gasteiger partial charge in [0.2, 0.25) is 0 Å². The van der Waals surface area contributed by atoms with Crippen molar-refractivity contribution in [2.75, 3.05) is 18.6 Å². The monoisotopic (exact) mass is 339 g/mol. The normalized spacial score (nSPS) is 13.8.